The fraction of sp³-hybridized carbons (Fsp3) is 0.593. The topological polar surface area (TPSA) is 81.6 Å². The Morgan fingerprint density at radius 3 is 2.53 bits per heavy atom. The second kappa shape index (κ2) is 11.5. The molecular formula is C27H35Cl4N5O2. The third kappa shape index (κ3) is 5.83. The van der Waals surface area contributed by atoms with E-state index in [1.165, 1.54) is 12.8 Å². The first kappa shape index (κ1) is 29.5. The largest absolute Gasteiger partial charge is 0.481 e. The van der Waals surface area contributed by atoms with Gasteiger partial charge in [-0.1, -0.05) is 40.9 Å². The second-order valence-corrected chi connectivity index (χ2v) is 12.5. The van der Waals surface area contributed by atoms with Crippen LogP contribution in [0.4, 0.5) is 11.8 Å². The number of hydrogen-bond acceptors (Lipinski definition) is 6. The van der Waals surface area contributed by atoms with Crippen molar-refractivity contribution in [1.82, 2.24) is 14.9 Å². The van der Waals surface area contributed by atoms with E-state index in [1.807, 2.05) is 32.9 Å². The number of aromatic nitrogens is 2. The van der Waals surface area contributed by atoms with Gasteiger partial charge in [0.15, 0.2) is 5.82 Å². The van der Waals surface area contributed by atoms with E-state index in [0.29, 0.717) is 44.7 Å². The molecule has 0 amide bonds. The molecule has 2 aromatic rings. The lowest BCUT2D eigenvalue weighted by molar-refractivity contribution is -0.158. The van der Waals surface area contributed by atoms with Crippen LogP contribution in [-0.4, -0.2) is 58.2 Å². The standard InChI is InChI=1S/C27H34Cl3N5O2.ClH/c1-15(21-7-6-19(28)9-22(21)29)31-24-23(30)16(2)32-26(33-24)35-13-18(14-35)17-5-4-8-34(12-17)20-10-27(3,11-20)25(36)37;/h6-7,9,15,17-18,20H,4-5,8,10-14H2,1-3H3,(H,36,37)(H,31,32,33);1H/t15-,17-,20?,27?;/m0./s1. The minimum atomic E-state index is -0.662. The molecule has 208 valence electrons. The number of carbonyl (C=O) groups is 1. The van der Waals surface area contributed by atoms with Crippen LogP contribution in [0.2, 0.25) is 15.1 Å². The average Bonchev–Trinajstić information content (AvgIpc) is 2.79. The number of aliphatic carboxylic acids is 1. The van der Waals surface area contributed by atoms with Crippen LogP contribution in [0.25, 0.3) is 0 Å². The first-order valence-electron chi connectivity index (χ1n) is 13.0. The highest BCUT2D eigenvalue weighted by Gasteiger charge is 2.49. The molecule has 3 fully saturated rings. The zero-order valence-electron chi connectivity index (χ0n) is 21.9. The number of aryl methyl sites for hydroxylation is 1. The van der Waals surface area contributed by atoms with Gasteiger partial charge in [-0.05, 0) is 82.5 Å². The fourth-order valence-electron chi connectivity index (χ4n) is 6.06. The molecule has 38 heavy (non-hydrogen) atoms. The maximum Gasteiger partial charge on any atom is 0.309 e. The van der Waals surface area contributed by atoms with Crippen molar-refractivity contribution in [2.75, 3.05) is 36.4 Å². The summed E-state index contributed by atoms with van der Waals surface area (Å²) in [7, 11) is 0. The van der Waals surface area contributed by atoms with E-state index in [0.717, 1.165) is 50.3 Å². The van der Waals surface area contributed by atoms with Crippen LogP contribution < -0.4 is 10.2 Å². The van der Waals surface area contributed by atoms with E-state index in [1.54, 1.807) is 6.07 Å². The normalized spacial score (nSPS) is 26.6. The molecule has 11 heteroatoms. The second-order valence-electron chi connectivity index (χ2n) is 11.3. The van der Waals surface area contributed by atoms with E-state index in [4.69, 9.17) is 39.8 Å². The molecule has 5 rings (SSSR count). The van der Waals surface area contributed by atoms with Crippen molar-refractivity contribution in [3.05, 3.63) is 44.5 Å². The van der Waals surface area contributed by atoms with Gasteiger partial charge in [0.05, 0.1) is 17.2 Å². The Morgan fingerprint density at radius 2 is 1.87 bits per heavy atom. The summed E-state index contributed by atoms with van der Waals surface area (Å²) in [5.41, 5.74) is 1.11. The van der Waals surface area contributed by atoms with Crippen molar-refractivity contribution in [3.8, 4) is 0 Å². The van der Waals surface area contributed by atoms with Gasteiger partial charge in [0.1, 0.15) is 5.02 Å². The van der Waals surface area contributed by atoms with Crippen LogP contribution in [0, 0.1) is 24.2 Å². The highest BCUT2D eigenvalue weighted by atomic mass is 35.5. The maximum atomic E-state index is 11.5. The summed E-state index contributed by atoms with van der Waals surface area (Å²) in [6.45, 7) is 9.78. The van der Waals surface area contributed by atoms with Crippen LogP contribution in [0.15, 0.2) is 18.2 Å². The summed E-state index contributed by atoms with van der Waals surface area (Å²) in [5, 5.41) is 14.6. The van der Waals surface area contributed by atoms with Crippen LogP contribution >= 0.6 is 47.2 Å². The van der Waals surface area contributed by atoms with Gasteiger partial charge in [-0.15, -0.1) is 12.4 Å². The number of halogens is 4. The Labute approximate surface area is 245 Å². The first-order valence-corrected chi connectivity index (χ1v) is 14.2. The predicted molar refractivity (Wildman–Crippen MR) is 156 cm³/mol. The minimum Gasteiger partial charge on any atom is -0.481 e. The lowest BCUT2D eigenvalue weighted by atomic mass is 9.65. The van der Waals surface area contributed by atoms with Gasteiger partial charge in [-0.2, -0.15) is 4.98 Å². The number of carboxylic acid groups (broad SMARTS) is 1. The molecule has 0 unspecified atom stereocenters. The van der Waals surface area contributed by atoms with Crippen molar-refractivity contribution >= 4 is 64.9 Å². The van der Waals surface area contributed by atoms with Gasteiger partial charge in [0, 0.05) is 35.7 Å². The molecule has 2 atom stereocenters. The predicted octanol–water partition coefficient (Wildman–Crippen LogP) is 6.74. The van der Waals surface area contributed by atoms with Gasteiger partial charge in [-0.3, -0.25) is 4.79 Å². The summed E-state index contributed by atoms with van der Waals surface area (Å²) in [6, 6.07) is 5.76. The van der Waals surface area contributed by atoms with Crippen LogP contribution in [0.3, 0.4) is 0 Å². The smallest absolute Gasteiger partial charge is 0.309 e. The molecular weight excluding hydrogens is 568 g/mol. The average molecular weight is 603 g/mol. The number of likely N-dealkylation sites (tertiary alicyclic amines) is 1. The van der Waals surface area contributed by atoms with Crippen LogP contribution in [0.1, 0.15) is 56.8 Å². The Hall–Kier alpha value is -1.51. The lowest BCUT2D eigenvalue weighted by Gasteiger charge is -2.52. The Bertz CT molecular complexity index is 1190. The molecule has 3 aliphatic rings. The fourth-order valence-corrected chi connectivity index (χ4v) is 6.77. The molecule has 0 bridgehead atoms. The quantitative estimate of drug-likeness (QED) is 0.363. The summed E-state index contributed by atoms with van der Waals surface area (Å²) in [6.07, 6.45) is 3.93. The number of rotatable bonds is 7. The molecule has 1 aliphatic carbocycles. The lowest BCUT2D eigenvalue weighted by Crippen LogP contribution is -2.58. The third-order valence-corrected chi connectivity index (χ3v) is 9.56. The molecule has 2 N–H and O–H groups in total. The van der Waals surface area contributed by atoms with E-state index in [-0.39, 0.29) is 18.4 Å². The van der Waals surface area contributed by atoms with Crippen molar-refractivity contribution in [1.29, 1.82) is 0 Å². The third-order valence-electron chi connectivity index (χ3n) is 8.54. The summed E-state index contributed by atoms with van der Waals surface area (Å²) >= 11 is 19.0. The van der Waals surface area contributed by atoms with Crippen molar-refractivity contribution < 1.29 is 9.90 Å². The van der Waals surface area contributed by atoms with Crippen molar-refractivity contribution in [2.24, 2.45) is 17.3 Å². The van der Waals surface area contributed by atoms with Crippen molar-refractivity contribution in [2.45, 2.75) is 58.5 Å². The van der Waals surface area contributed by atoms with E-state index < -0.39 is 11.4 Å². The highest BCUT2D eigenvalue weighted by Crippen LogP contribution is 2.45. The SMILES string of the molecule is Cc1nc(N2CC([C@H]3CCCN(C4CC(C)(C(=O)O)C4)C3)C2)nc(N[C@@H](C)c2ccc(Cl)cc2Cl)c1Cl.Cl. The van der Waals surface area contributed by atoms with Crippen LogP contribution in [0.5, 0.6) is 0 Å². The number of nitrogens with zero attached hydrogens (tertiary/aromatic N) is 4. The highest BCUT2D eigenvalue weighted by molar-refractivity contribution is 6.35. The summed E-state index contributed by atoms with van der Waals surface area (Å²) < 4.78 is 0. The Morgan fingerprint density at radius 1 is 1.16 bits per heavy atom. The van der Waals surface area contributed by atoms with Crippen molar-refractivity contribution in [3.63, 3.8) is 0 Å². The number of hydrogen-bond donors (Lipinski definition) is 2. The molecule has 7 nitrogen and oxygen atoms in total. The van der Waals surface area contributed by atoms with Gasteiger partial charge in [-0.25, -0.2) is 4.98 Å². The van der Waals surface area contributed by atoms with Gasteiger partial charge < -0.3 is 20.2 Å². The summed E-state index contributed by atoms with van der Waals surface area (Å²) in [4.78, 5) is 25.7. The molecule has 0 spiro atoms. The monoisotopic (exact) mass is 601 g/mol. The van der Waals surface area contributed by atoms with Gasteiger partial charge in [0.25, 0.3) is 0 Å². The Balaban J connectivity index is 0.00000336. The van der Waals surface area contributed by atoms with E-state index >= 15 is 0 Å². The zero-order valence-corrected chi connectivity index (χ0v) is 25.0. The molecule has 0 radical (unpaired) electrons. The van der Waals surface area contributed by atoms with Gasteiger partial charge in [0.2, 0.25) is 5.95 Å². The zero-order chi connectivity index (χ0) is 26.5. The van der Waals surface area contributed by atoms with E-state index in [2.05, 4.69) is 20.1 Å². The molecule has 2 aliphatic heterocycles. The minimum absolute atomic E-state index is 0. The number of benzene rings is 1. The van der Waals surface area contributed by atoms with Crippen LogP contribution in [-0.2, 0) is 4.79 Å². The Kier molecular flexibility index (Phi) is 8.95. The number of nitrogens with one attached hydrogen (secondary N) is 1. The maximum absolute atomic E-state index is 11.5. The van der Waals surface area contributed by atoms with E-state index in [9.17, 15) is 9.90 Å². The molecule has 1 aromatic heterocycles. The first-order chi connectivity index (χ1) is 17.5. The van der Waals surface area contributed by atoms with Gasteiger partial charge >= 0.3 is 5.97 Å². The molecule has 1 aromatic carbocycles. The summed E-state index contributed by atoms with van der Waals surface area (Å²) in [5.74, 6) is 1.85. The number of anilines is 2. The number of carboxylic acids is 1. The molecule has 3 heterocycles. The number of piperidine rings is 1. The molecule has 2 saturated heterocycles. The molecule has 1 saturated carbocycles.